The molecule has 0 unspecified atom stereocenters. The first kappa shape index (κ1) is 12.2. The van der Waals surface area contributed by atoms with Crippen LogP contribution in [0.4, 0.5) is 0 Å². The molecule has 0 aliphatic heterocycles. The van der Waals surface area contributed by atoms with Crippen LogP contribution in [0.25, 0.3) is 0 Å². The summed E-state index contributed by atoms with van der Waals surface area (Å²) in [5.41, 5.74) is 0. The molecule has 0 heterocycles. The molecule has 0 N–H and O–H groups in total. The maximum absolute atomic E-state index is 10.7. The topological polar surface area (TPSA) is 26.3 Å². The van der Waals surface area contributed by atoms with E-state index in [-0.39, 0.29) is 5.97 Å². The quantitative estimate of drug-likeness (QED) is 0.345. The Kier molecular flexibility index (Phi) is 8.73. The highest BCUT2D eigenvalue weighted by Gasteiger charge is 1.96. The molecule has 0 aromatic carbocycles. The van der Waals surface area contributed by atoms with Crippen LogP contribution < -0.4 is 0 Å². The molecule has 0 aromatic rings. The second-order valence-electron chi connectivity index (χ2n) is 3.08. The summed E-state index contributed by atoms with van der Waals surface area (Å²) in [5, 5.41) is 0. The van der Waals surface area contributed by atoms with E-state index in [2.05, 4.69) is 23.8 Å². The highest BCUT2D eigenvalue weighted by Crippen LogP contribution is 2.01. The van der Waals surface area contributed by atoms with Gasteiger partial charge in [0.2, 0.25) is 0 Å². The Morgan fingerprint density at radius 3 is 2.38 bits per heavy atom. The average molecular weight is 184 g/mol. The fraction of sp³-hybridized carbons (Fsp3) is 0.727. The van der Waals surface area contributed by atoms with Crippen molar-refractivity contribution in [3.05, 3.63) is 12.2 Å². The van der Waals surface area contributed by atoms with Crippen molar-refractivity contribution < 1.29 is 9.53 Å². The van der Waals surface area contributed by atoms with Gasteiger partial charge in [-0.05, 0) is 19.3 Å². The molecule has 0 spiro atoms. The monoisotopic (exact) mass is 184 g/mol. The number of carbonyl (C=O) groups is 1. The number of hydrogen-bond donors (Lipinski definition) is 0. The Bertz CT molecular complexity index is 150. The van der Waals surface area contributed by atoms with Crippen LogP contribution in [0, 0.1) is 0 Å². The van der Waals surface area contributed by atoms with Gasteiger partial charge in [-0.3, -0.25) is 4.79 Å². The second-order valence-corrected chi connectivity index (χ2v) is 3.08. The van der Waals surface area contributed by atoms with Crippen molar-refractivity contribution in [2.45, 2.75) is 45.4 Å². The lowest BCUT2D eigenvalue weighted by atomic mass is 10.2. The van der Waals surface area contributed by atoms with Crippen molar-refractivity contribution in [1.82, 2.24) is 0 Å². The van der Waals surface area contributed by atoms with Gasteiger partial charge in [0.05, 0.1) is 7.11 Å². The molecule has 13 heavy (non-hydrogen) atoms. The third kappa shape index (κ3) is 9.12. The first-order valence-electron chi connectivity index (χ1n) is 5.03. The van der Waals surface area contributed by atoms with Crippen LogP contribution in [0.5, 0.6) is 0 Å². The van der Waals surface area contributed by atoms with Crippen molar-refractivity contribution in [2.75, 3.05) is 7.11 Å². The van der Waals surface area contributed by atoms with Crippen LogP contribution in [0.2, 0.25) is 0 Å². The minimum atomic E-state index is -0.109. The van der Waals surface area contributed by atoms with Crippen LogP contribution in [0.3, 0.4) is 0 Å². The molecule has 0 aliphatic carbocycles. The molecule has 0 atom stereocenters. The molecule has 2 heteroatoms. The van der Waals surface area contributed by atoms with Crippen LogP contribution >= 0.6 is 0 Å². The smallest absolute Gasteiger partial charge is 0.305 e. The van der Waals surface area contributed by atoms with Gasteiger partial charge >= 0.3 is 5.97 Å². The zero-order valence-electron chi connectivity index (χ0n) is 8.71. The highest BCUT2D eigenvalue weighted by molar-refractivity contribution is 5.68. The molecule has 2 nitrogen and oxygen atoms in total. The van der Waals surface area contributed by atoms with Gasteiger partial charge in [0.25, 0.3) is 0 Å². The molecule has 0 amide bonds. The fourth-order valence-corrected chi connectivity index (χ4v) is 1.02. The lowest BCUT2D eigenvalue weighted by Gasteiger charge is -1.95. The summed E-state index contributed by atoms with van der Waals surface area (Å²) in [7, 11) is 1.43. The van der Waals surface area contributed by atoms with Gasteiger partial charge in [-0.25, -0.2) is 0 Å². The van der Waals surface area contributed by atoms with Crippen molar-refractivity contribution >= 4 is 5.97 Å². The maximum Gasteiger partial charge on any atom is 0.305 e. The summed E-state index contributed by atoms with van der Waals surface area (Å²) in [4.78, 5) is 10.7. The van der Waals surface area contributed by atoms with E-state index in [9.17, 15) is 4.79 Å². The minimum Gasteiger partial charge on any atom is -0.469 e. The molecule has 76 valence electrons. The van der Waals surface area contributed by atoms with E-state index in [0.29, 0.717) is 6.42 Å². The fourth-order valence-electron chi connectivity index (χ4n) is 1.02. The van der Waals surface area contributed by atoms with E-state index >= 15 is 0 Å². The molecule has 0 aromatic heterocycles. The summed E-state index contributed by atoms with van der Waals surface area (Å²) in [6, 6.07) is 0. The molecule has 0 bridgehead atoms. The van der Waals surface area contributed by atoms with E-state index in [1.54, 1.807) is 0 Å². The first-order valence-corrected chi connectivity index (χ1v) is 5.03. The molecule has 0 saturated carbocycles. The predicted octanol–water partition coefficient (Wildman–Crippen LogP) is 3.08. The van der Waals surface area contributed by atoms with Gasteiger partial charge < -0.3 is 4.74 Å². The summed E-state index contributed by atoms with van der Waals surface area (Å²) >= 11 is 0. The number of unbranched alkanes of at least 4 members (excludes halogenated alkanes) is 3. The Morgan fingerprint density at radius 2 is 1.85 bits per heavy atom. The Hall–Kier alpha value is -0.790. The van der Waals surface area contributed by atoms with E-state index < -0.39 is 0 Å². The zero-order valence-corrected chi connectivity index (χ0v) is 8.71. The molecule has 0 rings (SSSR count). The number of methoxy groups -OCH3 is 1. The first-order chi connectivity index (χ1) is 6.31. The number of rotatable bonds is 7. The number of ether oxygens (including phenoxy) is 1. The van der Waals surface area contributed by atoms with Crippen molar-refractivity contribution in [3.63, 3.8) is 0 Å². The zero-order chi connectivity index (χ0) is 9.94. The highest BCUT2D eigenvalue weighted by atomic mass is 16.5. The number of esters is 1. The van der Waals surface area contributed by atoms with Crippen LogP contribution in [-0.2, 0) is 9.53 Å². The van der Waals surface area contributed by atoms with E-state index in [1.165, 1.54) is 20.0 Å². The summed E-state index contributed by atoms with van der Waals surface area (Å²) in [6.07, 6.45) is 10.4. The number of hydrogen-bond acceptors (Lipinski definition) is 2. The number of allylic oxidation sites excluding steroid dienone is 2. The molecule has 0 aliphatic rings. The van der Waals surface area contributed by atoms with Gasteiger partial charge in [0.1, 0.15) is 0 Å². The summed E-state index contributed by atoms with van der Waals surface area (Å²) < 4.78 is 4.53. The van der Waals surface area contributed by atoms with Gasteiger partial charge in [0.15, 0.2) is 0 Å². The molecule has 0 fully saturated rings. The van der Waals surface area contributed by atoms with Gasteiger partial charge in [0, 0.05) is 6.42 Å². The standard InChI is InChI=1S/C11H20O2/c1-3-4-5-6-7-8-9-10-11(12)13-2/h6-7H,3-5,8-10H2,1-2H3/b7-6-. The van der Waals surface area contributed by atoms with Gasteiger partial charge in [-0.1, -0.05) is 31.9 Å². The molecular weight excluding hydrogens is 164 g/mol. The van der Waals surface area contributed by atoms with E-state index in [1.807, 2.05) is 0 Å². The van der Waals surface area contributed by atoms with Crippen molar-refractivity contribution in [3.8, 4) is 0 Å². The average Bonchev–Trinajstić information content (AvgIpc) is 2.16. The van der Waals surface area contributed by atoms with Crippen molar-refractivity contribution in [1.29, 1.82) is 0 Å². The largest absolute Gasteiger partial charge is 0.469 e. The summed E-state index contributed by atoms with van der Waals surface area (Å²) in [6.45, 7) is 2.19. The molecule has 0 radical (unpaired) electrons. The lowest BCUT2D eigenvalue weighted by Crippen LogP contribution is -1.98. The third-order valence-electron chi connectivity index (χ3n) is 1.87. The van der Waals surface area contributed by atoms with Crippen LogP contribution in [-0.4, -0.2) is 13.1 Å². The van der Waals surface area contributed by atoms with E-state index in [0.717, 1.165) is 19.3 Å². The number of carbonyl (C=O) groups excluding carboxylic acids is 1. The van der Waals surface area contributed by atoms with Gasteiger partial charge in [-0.2, -0.15) is 0 Å². The minimum absolute atomic E-state index is 0.109. The van der Waals surface area contributed by atoms with Crippen LogP contribution in [0.1, 0.15) is 45.4 Å². The lowest BCUT2D eigenvalue weighted by molar-refractivity contribution is -0.140. The van der Waals surface area contributed by atoms with Gasteiger partial charge in [-0.15, -0.1) is 0 Å². The third-order valence-corrected chi connectivity index (χ3v) is 1.87. The SMILES string of the molecule is CCCC/C=C\CCCC(=O)OC. The normalized spacial score (nSPS) is 10.6. The Labute approximate surface area is 81.0 Å². The second kappa shape index (κ2) is 9.30. The van der Waals surface area contributed by atoms with E-state index in [4.69, 9.17) is 0 Å². The maximum atomic E-state index is 10.7. The molecule has 0 saturated heterocycles. The Balaban J connectivity index is 3.15. The van der Waals surface area contributed by atoms with Crippen molar-refractivity contribution in [2.24, 2.45) is 0 Å². The van der Waals surface area contributed by atoms with Crippen LogP contribution in [0.15, 0.2) is 12.2 Å². The predicted molar refractivity (Wildman–Crippen MR) is 54.5 cm³/mol. The summed E-state index contributed by atoms with van der Waals surface area (Å²) in [5.74, 6) is -0.109. The molecular formula is C11H20O2. The Morgan fingerprint density at radius 1 is 1.23 bits per heavy atom.